The van der Waals surface area contributed by atoms with Crippen molar-refractivity contribution in [2.24, 2.45) is 17.6 Å². The van der Waals surface area contributed by atoms with E-state index in [4.69, 9.17) is 34.0 Å². The van der Waals surface area contributed by atoms with Crippen LogP contribution in [-0.4, -0.2) is 90.4 Å². The van der Waals surface area contributed by atoms with E-state index in [-0.39, 0.29) is 59.6 Å². The van der Waals surface area contributed by atoms with Crippen molar-refractivity contribution in [1.29, 1.82) is 0 Å². The molecule has 4 aromatic carbocycles. The molecule has 0 radical (unpaired) electrons. The largest absolute Gasteiger partial charge is 0.508 e. The summed E-state index contributed by atoms with van der Waals surface area (Å²) in [6, 6.07) is 30.6. The van der Waals surface area contributed by atoms with Gasteiger partial charge in [-0.25, -0.2) is 0 Å². The highest BCUT2D eigenvalue weighted by Gasteiger charge is 2.56. The molecule has 56 heavy (non-hydrogen) atoms. The fourth-order valence-electron chi connectivity index (χ4n) is 6.91. The van der Waals surface area contributed by atoms with Crippen molar-refractivity contribution in [2.45, 2.75) is 69.9 Å². The predicted molar refractivity (Wildman–Crippen MR) is 229 cm³/mol. The van der Waals surface area contributed by atoms with Gasteiger partial charge < -0.3 is 36.2 Å². The number of halogens is 2. The SMILES string of the molecule is C.CN(C)[C@H](CN)Cc1ccc(O)cc1Cl.CN(C)[C@H](CNC(=O)[C@@H]1C[C@]1(C)c1ccccc1)Cc1ccc(O)cc1Cl.C[C@]1(c2ccccc2)C[C@H]1C(=O)O. The molecule has 6 rings (SSSR count). The molecule has 6 N–H and O–H groups in total. The minimum absolute atomic E-state index is 0. The number of carbonyl (C=O) groups is 2. The highest BCUT2D eigenvalue weighted by atomic mass is 35.5. The summed E-state index contributed by atoms with van der Waals surface area (Å²) >= 11 is 12.3. The van der Waals surface area contributed by atoms with E-state index in [0.717, 1.165) is 36.0 Å². The fraction of sp³-hybridized carbons (Fsp3) is 0.422. The zero-order valence-electron chi connectivity index (χ0n) is 32.7. The Labute approximate surface area is 343 Å². The van der Waals surface area contributed by atoms with Crippen LogP contribution in [0.15, 0.2) is 97.1 Å². The lowest BCUT2D eigenvalue weighted by Crippen LogP contribution is -2.42. The van der Waals surface area contributed by atoms with Crippen molar-refractivity contribution in [3.8, 4) is 11.5 Å². The molecule has 11 heteroatoms. The minimum atomic E-state index is -0.675. The zero-order chi connectivity index (χ0) is 40.5. The first-order valence-electron chi connectivity index (χ1n) is 18.6. The third-order valence-electron chi connectivity index (χ3n) is 11.2. The van der Waals surface area contributed by atoms with Gasteiger partial charge in [-0.1, -0.05) is 117 Å². The number of hydrogen-bond donors (Lipinski definition) is 5. The number of nitrogens with zero attached hydrogens (tertiary/aromatic N) is 2. The number of carboxylic acid groups (broad SMARTS) is 1. The number of aliphatic carboxylic acids is 1. The number of aromatic hydroxyl groups is 2. The van der Waals surface area contributed by atoms with E-state index in [0.29, 0.717) is 29.6 Å². The van der Waals surface area contributed by atoms with Gasteiger partial charge in [0.1, 0.15) is 11.5 Å². The number of carboxylic acids is 1. The molecule has 6 atom stereocenters. The van der Waals surface area contributed by atoms with Crippen molar-refractivity contribution in [2.75, 3.05) is 41.3 Å². The second-order valence-electron chi connectivity index (χ2n) is 15.6. The molecular weight excluding hydrogens is 747 g/mol. The standard InChI is InChI=1S/C22H27ClN2O2.C11H17ClN2O.C11H12O2.CH4/c1-22(16-7-5-4-6-8-16)13-19(22)21(27)24-14-17(25(2)3)11-15-9-10-18(26)12-20(15)23;1-14(2)9(7-13)5-8-3-4-10(15)6-11(8)12;1-11(7-9(11)10(12)13)8-5-3-2-4-6-8;/h4-10,12,17,19,26H,11,13-14H2,1-3H3,(H,24,27);3-4,6,9,15H,5,7,13H2,1-2H3;2-6,9H,7H2,1H3,(H,12,13);1H4/t17-,19-,22+;9-;9-,11+;/m000./s1. The lowest BCUT2D eigenvalue weighted by Gasteiger charge is -2.25. The summed E-state index contributed by atoms with van der Waals surface area (Å²) in [6.45, 7) is 5.32. The van der Waals surface area contributed by atoms with Crippen molar-refractivity contribution in [3.63, 3.8) is 0 Å². The Morgan fingerprint density at radius 2 is 1.14 bits per heavy atom. The first kappa shape index (κ1) is 46.3. The van der Waals surface area contributed by atoms with Crippen molar-refractivity contribution in [1.82, 2.24) is 15.1 Å². The van der Waals surface area contributed by atoms with Crippen LogP contribution in [0.2, 0.25) is 10.0 Å². The van der Waals surface area contributed by atoms with Gasteiger partial charge in [0.15, 0.2) is 0 Å². The van der Waals surface area contributed by atoms with E-state index in [2.05, 4.69) is 34.2 Å². The summed E-state index contributed by atoms with van der Waals surface area (Å²) in [5, 5.41) is 31.9. The molecule has 2 aliphatic carbocycles. The number of carbonyl (C=O) groups excluding carboxylic acids is 1. The van der Waals surface area contributed by atoms with Gasteiger partial charge in [-0.2, -0.15) is 0 Å². The molecule has 0 unspecified atom stereocenters. The van der Waals surface area contributed by atoms with Gasteiger partial charge in [-0.3, -0.25) is 9.59 Å². The van der Waals surface area contributed by atoms with Crippen LogP contribution in [0.25, 0.3) is 0 Å². The molecule has 0 aliphatic heterocycles. The van der Waals surface area contributed by atoms with E-state index in [1.807, 2.05) is 95.8 Å². The summed E-state index contributed by atoms with van der Waals surface area (Å²) in [5.41, 5.74) is 9.83. The maximum absolute atomic E-state index is 12.7. The molecule has 2 saturated carbocycles. The van der Waals surface area contributed by atoms with Crippen molar-refractivity contribution >= 4 is 35.1 Å². The number of nitrogens with two attached hydrogens (primary N) is 1. The molecule has 0 heterocycles. The molecular formula is C45H60Cl2N4O5. The molecule has 0 saturated heterocycles. The van der Waals surface area contributed by atoms with Crippen LogP contribution in [0.4, 0.5) is 0 Å². The molecule has 9 nitrogen and oxygen atoms in total. The van der Waals surface area contributed by atoms with Gasteiger partial charge in [0.2, 0.25) is 5.91 Å². The summed E-state index contributed by atoms with van der Waals surface area (Å²) < 4.78 is 0. The third-order valence-corrected chi connectivity index (χ3v) is 11.9. The van der Waals surface area contributed by atoms with Crippen LogP contribution in [0.5, 0.6) is 11.5 Å². The van der Waals surface area contributed by atoms with Gasteiger partial charge >= 0.3 is 5.97 Å². The molecule has 4 aromatic rings. The average Bonchev–Trinajstić information content (AvgIpc) is 4.06. The lowest BCUT2D eigenvalue weighted by atomic mass is 9.95. The first-order chi connectivity index (χ1) is 26.0. The summed E-state index contributed by atoms with van der Waals surface area (Å²) in [4.78, 5) is 27.6. The lowest BCUT2D eigenvalue weighted by molar-refractivity contribution is -0.139. The topological polar surface area (TPSA) is 139 Å². The molecule has 0 bridgehead atoms. The summed E-state index contributed by atoms with van der Waals surface area (Å²) in [7, 11) is 7.98. The van der Waals surface area contributed by atoms with Gasteiger partial charge in [0.05, 0.1) is 5.92 Å². The molecule has 0 spiro atoms. The van der Waals surface area contributed by atoms with Crippen LogP contribution in [-0.2, 0) is 33.3 Å². The van der Waals surface area contributed by atoms with E-state index < -0.39 is 5.97 Å². The second-order valence-corrected chi connectivity index (χ2v) is 16.4. The molecule has 2 aliphatic rings. The Balaban J connectivity index is 0.000000245. The number of benzene rings is 4. The van der Waals surface area contributed by atoms with Crippen LogP contribution in [0, 0.1) is 11.8 Å². The Morgan fingerprint density at radius 3 is 1.52 bits per heavy atom. The van der Waals surface area contributed by atoms with E-state index in [1.165, 1.54) is 5.56 Å². The smallest absolute Gasteiger partial charge is 0.307 e. The number of hydrogen-bond acceptors (Lipinski definition) is 7. The van der Waals surface area contributed by atoms with Gasteiger partial charge in [0.25, 0.3) is 0 Å². The van der Waals surface area contributed by atoms with E-state index >= 15 is 0 Å². The summed E-state index contributed by atoms with van der Waals surface area (Å²) in [5.74, 6) is -0.364. The Hall–Kier alpha value is -4.12. The van der Waals surface area contributed by atoms with Crippen molar-refractivity contribution in [3.05, 3.63) is 129 Å². The Morgan fingerprint density at radius 1 is 0.732 bits per heavy atom. The highest BCUT2D eigenvalue weighted by Crippen LogP contribution is 2.54. The Kier molecular flexibility index (Phi) is 16.8. The number of phenols is 2. The zero-order valence-corrected chi connectivity index (χ0v) is 34.2. The summed E-state index contributed by atoms with van der Waals surface area (Å²) in [6.07, 6.45) is 3.15. The molecule has 2 fully saturated rings. The second kappa shape index (κ2) is 20.3. The maximum Gasteiger partial charge on any atom is 0.307 e. The van der Waals surface area contributed by atoms with Crippen LogP contribution in [0.1, 0.15) is 56.4 Å². The quantitative estimate of drug-likeness (QED) is 0.0924. The molecule has 304 valence electrons. The number of amides is 1. The van der Waals surface area contributed by atoms with Crippen LogP contribution in [0.3, 0.4) is 0 Å². The monoisotopic (exact) mass is 806 g/mol. The number of phenolic OH excluding ortho intramolecular Hbond substituents is 2. The normalized spacial score (nSPS) is 21.6. The van der Waals surface area contributed by atoms with Crippen molar-refractivity contribution < 1.29 is 24.9 Å². The average molecular weight is 808 g/mol. The van der Waals surface area contributed by atoms with E-state index in [1.54, 1.807) is 24.3 Å². The van der Waals surface area contributed by atoms with Crippen LogP contribution < -0.4 is 11.1 Å². The number of likely N-dealkylation sites (N-methyl/N-ethyl adjacent to an activating group) is 2. The number of nitrogens with one attached hydrogen (secondary N) is 1. The highest BCUT2D eigenvalue weighted by molar-refractivity contribution is 6.31. The van der Waals surface area contributed by atoms with Crippen LogP contribution >= 0.6 is 23.2 Å². The van der Waals surface area contributed by atoms with E-state index in [9.17, 15) is 19.8 Å². The van der Waals surface area contributed by atoms with Gasteiger partial charge in [-0.05, 0) is 100 Å². The maximum atomic E-state index is 12.7. The third kappa shape index (κ3) is 12.2. The molecule has 0 aromatic heterocycles. The van der Waals surface area contributed by atoms with Gasteiger partial charge in [0, 0.05) is 52.0 Å². The van der Waals surface area contributed by atoms with Gasteiger partial charge in [-0.15, -0.1) is 0 Å². The number of rotatable bonds is 13. The predicted octanol–water partition coefficient (Wildman–Crippen LogP) is 7.77. The molecule has 1 amide bonds. The fourth-order valence-corrected chi connectivity index (χ4v) is 7.42. The Bertz CT molecular complexity index is 1880. The minimum Gasteiger partial charge on any atom is -0.508 e. The first-order valence-corrected chi connectivity index (χ1v) is 19.3.